The summed E-state index contributed by atoms with van der Waals surface area (Å²) in [6, 6.07) is 0.820. The fraction of sp³-hybridized carbons (Fsp3) is 0.750. The van der Waals surface area contributed by atoms with Crippen LogP contribution in [0.3, 0.4) is 0 Å². The molecule has 1 unspecified atom stereocenters. The average Bonchev–Trinajstić information content (AvgIpc) is 2.82. The number of rotatable bonds is 2. The molecule has 2 fully saturated rings. The summed E-state index contributed by atoms with van der Waals surface area (Å²) in [4.78, 5) is 9.63. The summed E-state index contributed by atoms with van der Waals surface area (Å²) in [7, 11) is 0. The molecular weight excluding hydrogens is 218 g/mol. The van der Waals surface area contributed by atoms with Crippen LogP contribution in [0.2, 0.25) is 0 Å². The average molecular weight is 237 g/mol. The van der Waals surface area contributed by atoms with Gasteiger partial charge in [-0.2, -0.15) is 0 Å². The number of thiazole rings is 1. The van der Waals surface area contributed by atoms with Crippen LogP contribution in [-0.2, 0) is 6.54 Å². The molecule has 0 spiro atoms. The van der Waals surface area contributed by atoms with Crippen LogP contribution >= 0.6 is 11.3 Å². The molecule has 88 valence electrons. The molecule has 2 aliphatic rings. The first kappa shape index (κ1) is 10.7. The van der Waals surface area contributed by atoms with Crippen molar-refractivity contribution in [3.05, 3.63) is 16.6 Å². The maximum Gasteiger partial charge on any atom is 0.0795 e. The lowest BCUT2D eigenvalue weighted by atomic mass is 9.99. The van der Waals surface area contributed by atoms with E-state index in [1.54, 1.807) is 11.3 Å². The predicted octanol–water partition coefficient (Wildman–Crippen LogP) is 1.81. The van der Waals surface area contributed by atoms with Crippen LogP contribution in [0.5, 0.6) is 0 Å². The molecule has 1 aromatic rings. The zero-order valence-corrected chi connectivity index (χ0v) is 10.5. The lowest BCUT2D eigenvalue weighted by molar-refractivity contribution is 0.0452. The van der Waals surface area contributed by atoms with Crippen molar-refractivity contribution in [2.45, 2.75) is 31.8 Å². The summed E-state index contributed by atoms with van der Waals surface area (Å²) in [5.41, 5.74) is 3.18. The quantitative estimate of drug-likeness (QED) is 0.782. The van der Waals surface area contributed by atoms with Crippen molar-refractivity contribution >= 4 is 11.3 Å². The van der Waals surface area contributed by atoms with Crippen LogP contribution < -0.4 is 0 Å². The molecule has 0 N–H and O–H groups in total. The molecule has 1 atom stereocenters. The highest BCUT2D eigenvalue weighted by atomic mass is 32.1. The molecule has 1 aromatic heterocycles. The lowest BCUT2D eigenvalue weighted by Crippen LogP contribution is -2.54. The SMILES string of the molecule is c1nc(CN2CCN3CCCCC3C2)cs1. The second kappa shape index (κ2) is 4.82. The second-order valence-corrected chi connectivity index (χ2v) is 5.62. The largest absolute Gasteiger partial charge is 0.298 e. The van der Waals surface area contributed by atoms with Gasteiger partial charge in [-0.1, -0.05) is 6.42 Å². The normalized spacial score (nSPS) is 27.9. The van der Waals surface area contributed by atoms with E-state index < -0.39 is 0 Å². The first-order chi connectivity index (χ1) is 7.92. The molecule has 0 amide bonds. The van der Waals surface area contributed by atoms with Crippen molar-refractivity contribution < 1.29 is 0 Å². The van der Waals surface area contributed by atoms with E-state index in [0.29, 0.717) is 0 Å². The van der Waals surface area contributed by atoms with Crippen LogP contribution in [0.4, 0.5) is 0 Å². The van der Waals surface area contributed by atoms with Gasteiger partial charge in [-0.15, -0.1) is 11.3 Å². The van der Waals surface area contributed by atoms with Gasteiger partial charge < -0.3 is 0 Å². The first-order valence-corrected chi connectivity index (χ1v) is 7.19. The van der Waals surface area contributed by atoms with Gasteiger partial charge in [0.2, 0.25) is 0 Å². The topological polar surface area (TPSA) is 19.4 Å². The van der Waals surface area contributed by atoms with Gasteiger partial charge >= 0.3 is 0 Å². The summed E-state index contributed by atoms with van der Waals surface area (Å²) in [6.07, 6.45) is 4.22. The first-order valence-electron chi connectivity index (χ1n) is 6.25. The molecule has 16 heavy (non-hydrogen) atoms. The fourth-order valence-electron chi connectivity index (χ4n) is 2.91. The number of fused-ring (bicyclic) bond motifs is 1. The Kier molecular flexibility index (Phi) is 3.22. The van der Waals surface area contributed by atoms with Crippen LogP contribution in [0.25, 0.3) is 0 Å². The molecule has 0 aromatic carbocycles. The number of aromatic nitrogens is 1. The van der Waals surface area contributed by atoms with Gasteiger partial charge in [0.05, 0.1) is 11.2 Å². The Morgan fingerprint density at radius 3 is 3.19 bits per heavy atom. The van der Waals surface area contributed by atoms with Crippen LogP contribution in [0.15, 0.2) is 10.9 Å². The van der Waals surface area contributed by atoms with E-state index in [2.05, 4.69) is 20.2 Å². The van der Waals surface area contributed by atoms with Gasteiger partial charge in [0.15, 0.2) is 0 Å². The Bertz CT molecular complexity index is 325. The summed E-state index contributed by atoms with van der Waals surface area (Å²) in [5, 5.41) is 2.17. The molecular formula is C12H19N3S. The van der Waals surface area contributed by atoms with Crippen LogP contribution in [0, 0.1) is 0 Å². The molecule has 3 rings (SSSR count). The highest BCUT2D eigenvalue weighted by Crippen LogP contribution is 2.21. The molecule has 0 aliphatic carbocycles. The third-order valence-corrected chi connectivity index (χ3v) is 4.43. The highest BCUT2D eigenvalue weighted by Gasteiger charge is 2.28. The van der Waals surface area contributed by atoms with Crippen LogP contribution in [0.1, 0.15) is 25.0 Å². The van der Waals surface area contributed by atoms with Gasteiger partial charge in [0.1, 0.15) is 0 Å². The molecule has 2 aliphatic heterocycles. The van der Waals surface area contributed by atoms with Gasteiger partial charge in [0, 0.05) is 37.6 Å². The summed E-state index contributed by atoms with van der Waals surface area (Å²) in [6.45, 7) is 6.10. The maximum absolute atomic E-state index is 4.38. The van der Waals surface area contributed by atoms with E-state index in [0.717, 1.165) is 12.6 Å². The van der Waals surface area contributed by atoms with E-state index >= 15 is 0 Å². The zero-order chi connectivity index (χ0) is 10.8. The van der Waals surface area contributed by atoms with E-state index in [4.69, 9.17) is 0 Å². The predicted molar refractivity (Wildman–Crippen MR) is 66.6 cm³/mol. The Morgan fingerprint density at radius 1 is 1.31 bits per heavy atom. The fourth-order valence-corrected chi connectivity index (χ4v) is 3.46. The summed E-state index contributed by atoms with van der Waals surface area (Å²) >= 11 is 1.70. The van der Waals surface area contributed by atoms with Crippen LogP contribution in [-0.4, -0.2) is 47.0 Å². The molecule has 4 heteroatoms. The minimum atomic E-state index is 0.820. The van der Waals surface area contributed by atoms with Crippen molar-refractivity contribution in [3.63, 3.8) is 0 Å². The van der Waals surface area contributed by atoms with E-state index in [9.17, 15) is 0 Å². The van der Waals surface area contributed by atoms with Gasteiger partial charge in [0.25, 0.3) is 0 Å². The monoisotopic (exact) mass is 237 g/mol. The molecule has 3 nitrogen and oxygen atoms in total. The van der Waals surface area contributed by atoms with Gasteiger partial charge in [-0.05, 0) is 19.4 Å². The van der Waals surface area contributed by atoms with Gasteiger partial charge in [-0.25, -0.2) is 4.98 Å². The third kappa shape index (κ3) is 2.29. The minimum absolute atomic E-state index is 0.820. The third-order valence-electron chi connectivity index (χ3n) is 3.79. The zero-order valence-electron chi connectivity index (χ0n) is 9.64. The van der Waals surface area contributed by atoms with E-state index in [1.165, 1.54) is 51.1 Å². The second-order valence-electron chi connectivity index (χ2n) is 4.90. The Balaban J connectivity index is 1.58. The molecule has 0 saturated carbocycles. The molecule has 2 saturated heterocycles. The Hall–Kier alpha value is -0.450. The number of nitrogens with zero attached hydrogens (tertiary/aromatic N) is 3. The maximum atomic E-state index is 4.38. The van der Waals surface area contributed by atoms with Crippen molar-refractivity contribution in [2.75, 3.05) is 26.2 Å². The number of piperidine rings is 1. The number of piperazine rings is 1. The van der Waals surface area contributed by atoms with Crippen molar-refractivity contribution in [2.24, 2.45) is 0 Å². The van der Waals surface area contributed by atoms with E-state index in [1.807, 2.05) is 5.51 Å². The summed E-state index contributed by atoms with van der Waals surface area (Å²) in [5.74, 6) is 0. The van der Waals surface area contributed by atoms with Gasteiger partial charge in [-0.3, -0.25) is 9.80 Å². The Morgan fingerprint density at radius 2 is 2.31 bits per heavy atom. The lowest BCUT2D eigenvalue weighted by Gasteiger charge is -2.43. The molecule has 0 radical (unpaired) electrons. The smallest absolute Gasteiger partial charge is 0.0795 e. The highest BCUT2D eigenvalue weighted by molar-refractivity contribution is 7.07. The van der Waals surface area contributed by atoms with Crippen molar-refractivity contribution in [3.8, 4) is 0 Å². The number of hydrogen-bond donors (Lipinski definition) is 0. The molecule has 0 bridgehead atoms. The molecule has 3 heterocycles. The standard InChI is InChI=1S/C12H19N3S/c1-2-4-15-6-5-14(8-12(15)3-1)7-11-9-16-10-13-11/h9-10,12H,1-8H2. The number of hydrogen-bond acceptors (Lipinski definition) is 4. The van der Waals surface area contributed by atoms with Crippen molar-refractivity contribution in [1.29, 1.82) is 0 Å². The van der Waals surface area contributed by atoms with Crippen molar-refractivity contribution in [1.82, 2.24) is 14.8 Å². The minimum Gasteiger partial charge on any atom is -0.298 e. The van der Waals surface area contributed by atoms with E-state index in [-0.39, 0.29) is 0 Å². The summed E-state index contributed by atoms with van der Waals surface area (Å²) < 4.78 is 0. The Labute approximate surface area is 101 Å².